The fourth-order valence-corrected chi connectivity index (χ4v) is 1.36. The lowest BCUT2D eigenvalue weighted by Gasteiger charge is -2.01. The number of aliphatic hydroxyl groups excluding tert-OH is 1. The third kappa shape index (κ3) is 2.51. The lowest BCUT2D eigenvalue weighted by Crippen LogP contribution is -2.04. The fraction of sp³-hybridized carbons (Fsp3) is 0.667. The van der Waals surface area contributed by atoms with Crippen molar-refractivity contribution in [3.63, 3.8) is 0 Å². The Labute approximate surface area is 69.6 Å². The summed E-state index contributed by atoms with van der Waals surface area (Å²) in [4.78, 5) is 3.99. The van der Waals surface area contributed by atoms with Crippen molar-refractivity contribution in [3.8, 4) is 0 Å². The summed E-state index contributed by atoms with van der Waals surface area (Å²) in [5.74, 6) is 0.659. The van der Waals surface area contributed by atoms with Crippen LogP contribution in [0.4, 0.5) is 0 Å². The molecule has 62 valence electrons. The first-order valence-electron chi connectivity index (χ1n) is 3.35. The molecular weight excluding hydrogens is 162 g/mol. The van der Waals surface area contributed by atoms with Crippen molar-refractivity contribution in [2.45, 2.75) is 18.2 Å². The summed E-state index contributed by atoms with van der Waals surface area (Å²) < 4.78 is 1.69. The maximum Gasteiger partial charge on any atom is 0.185 e. The fourth-order valence-electron chi connectivity index (χ4n) is 0.611. The molecule has 0 aliphatic rings. The average molecular weight is 173 g/mol. The molecule has 1 rings (SSSR count). The predicted octanol–water partition coefficient (Wildman–Crippen LogP) is 0.288. The standard InChI is InChI=1S/C6H11N3OS/c1-5(10)3-11-6-7-4-8-9(6)2/h4-5,10H,3H2,1-2H3. The number of aliphatic hydroxyl groups is 1. The number of nitrogens with zero attached hydrogens (tertiary/aromatic N) is 3. The Kier molecular flexibility index (Phi) is 2.90. The Balaban J connectivity index is 2.44. The Morgan fingerprint density at radius 2 is 2.55 bits per heavy atom. The second-order valence-electron chi connectivity index (χ2n) is 2.33. The quantitative estimate of drug-likeness (QED) is 0.667. The van der Waals surface area contributed by atoms with Gasteiger partial charge in [0.15, 0.2) is 5.16 Å². The van der Waals surface area contributed by atoms with E-state index in [1.165, 1.54) is 18.1 Å². The van der Waals surface area contributed by atoms with Crippen LogP contribution in [-0.2, 0) is 7.05 Å². The van der Waals surface area contributed by atoms with Crippen LogP contribution >= 0.6 is 11.8 Å². The van der Waals surface area contributed by atoms with Gasteiger partial charge >= 0.3 is 0 Å². The van der Waals surface area contributed by atoms with Crippen LogP contribution in [0.3, 0.4) is 0 Å². The van der Waals surface area contributed by atoms with Crippen LogP contribution in [0.2, 0.25) is 0 Å². The first-order valence-corrected chi connectivity index (χ1v) is 4.33. The highest BCUT2D eigenvalue weighted by atomic mass is 32.2. The molecule has 0 spiro atoms. The Hall–Kier alpha value is -0.550. The number of aromatic nitrogens is 3. The van der Waals surface area contributed by atoms with E-state index < -0.39 is 0 Å². The molecule has 0 aliphatic carbocycles. The van der Waals surface area contributed by atoms with Crippen LogP contribution in [0.15, 0.2) is 11.5 Å². The molecule has 0 aromatic carbocycles. The van der Waals surface area contributed by atoms with Crippen LogP contribution in [0.25, 0.3) is 0 Å². The molecular formula is C6H11N3OS. The van der Waals surface area contributed by atoms with Crippen molar-refractivity contribution >= 4 is 11.8 Å². The van der Waals surface area contributed by atoms with Crippen molar-refractivity contribution in [3.05, 3.63) is 6.33 Å². The van der Waals surface area contributed by atoms with Crippen molar-refractivity contribution in [1.29, 1.82) is 0 Å². The topological polar surface area (TPSA) is 50.9 Å². The monoisotopic (exact) mass is 173 g/mol. The van der Waals surface area contributed by atoms with E-state index in [1.54, 1.807) is 11.6 Å². The lowest BCUT2D eigenvalue weighted by molar-refractivity contribution is 0.220. The predicted molar refractivity (Wildman–Crippen MR) is 43.4 cm³/mol. The second kappa shape index (κ2) is 3.73. The van der Waals surface area contributed by atoms with Crippen LogP contribution < -0.4 is 0 Å². The summed E-state index contributed by atoms with van der Waals surface area (Å²) in [5, 5.41) is 13.7. The summed E-state index contributed by atoms with van der Waals surface area (Å²) in [6, 6.07) is 0. The molecule has 1 aromatic rings. The SMILES string of the molecule is CC(O)CSc1ncnn1C. The second-order valence-corrected chi connectivity index (χ2v) is 3.31. The largest absolute Gasteiger partial charge is 0.393 e. The van der Waals surface area contributed by atoms with E-state index in [0.29, 0.717) is 5.75 Å². The highest BCUT2D eigenvalue weighted by Gasteiger charge is 2.02. The van der Waals surface area contributed by atoms with Crippen LogP contribution in [-0.4, -0.2) is 31.7 Å². The van der Waals surface area contributed by atoms with Crippen LogP contribution in [0.1, 0.15) is 6.92 Å². The van der Waals surface area contributed by atoms with Gasteiger partial charge in [0.25, 0.3) is 0 Å². The molecule has 0 aliphatic heterocycles. The van der Waals surface area contributed by atoms with Crippen molar-refractivity contribution in [1.82, 2.24) is 14.8 Å². The Morgan fingerprint density at radius 3 is 3.00 bits per heavy atom. The Bertz CT molecular complexity index is 223. The maximum atomic E-state index is 8.96. The van der Waals surface area contributed by atoms with E-state index >= 15 is 0 Å². The molecule has 0 saturated heterocycles. The molecule has 1 heterocycles. The number of hydrogen-bond acceptors (Lipinski definition) is 4. The van der Waals surface area contributed by atoms with Gasteiger partial charge in [-0.3, -0.25) is 0 Å². The first kappa shape index (κ1) is 8.55. The van der Waals surface area contributed by atoms with Gasteiger partial charge in [-0.2, -0.15) is 5.10 Å². The minimum Gasteiger partial charge on any atom is -0.393 e. The third-order valence-corrected chi connectivity index (χ3v) is 2.40. The highest BCUT2D eigenvalue weighted by molar-refractivity contribution is 7.99. The molecule has 5 heteroatoms. The maximum absolute atomic E-state index is 8.96. The number of aryl methyl sites for hydroxylation is 1. The van der Waals surface area contributed by atoms with Gasteiger partial charge < -0.3 is 5.11 Å². The van der Waals surface area contributed by atoms with Gasteiger partial charge in [0.1, 0.15) is 6.33 Å². The van der Waals surface area contributed by atoms with Gasteiger partial charge in [-0.25, -0.2) is 9.67 Å². The van der Waals surface area contributed by atoms with Crippen molar-refractivity contribution < 1.29 is 5.11 Å². The molecule has 1 N–H and O–H groups in total. The molecule has 0 radical (unpaired) electrons. The van der Waals surface area contributed by atoms with Crippen molar-refractivity contribution in [2.75, 3.05) is 5.75 Å². The van der Waals surface area contributed by atoms with Gasteiger partial charge in [0.2, 0.25) is 0 Å². The van der Waals surface area contributed by atoms with Crippen LogP contribution in [0.5, 0.6) is 0 Å². The molecule has 0 fully saturated rings. The highest BCUT2D eigenvalue weighted by Crippen LogP contribution is 2.13. The molecule has 4 nitrogen and oxygen atoms in total. The minimum absolute atomic E-state index is 0.295. The van der Waals surface area contributed by atoms with Crippen LogP contribution in [0, 0.1) is 0 Å². The summed E-state index contributed by atoms with van der Waals surface area (Å²) in [6.45, 7) is 1.75. The third-order valence-electron chi connectivity index (χ3n) is 1.12. The molecule has 0 saturated carbocycles. The molecule has 11 heavy (non-hydrogen) atoms. The van der Waals surface area contributed by atoms with E-state index in [9.17, 15) is 0 Å². The smallest absolute Gasteiger partial charge is 0.185 e. The summed E-state index contributed by atoms with van der Waals surface area (Å²) >= 11 is 1.50. The summed E-state index contributed by atoms with van der Waals surface area (Å²) in [5.41, 5.74) is 0. The first-order chi connectivity index (χ1) is 5.20. The van der Waals surface area contributed by atoms with E-state index in [2.05, 4.69) is 10.1 Å². The number of rotatable bonds is 3. The van der Waals surface area contributed by atoms with E-state index in [-0.39, 0.29) is 6.10 Å². The summed E-state index contributed by atoms with van der Waals surface area (Å²) in [6.07, 6.45) is 1.21. The van der Waals surface area contributed by atoms with E-state index in [4.69, 9.17) is 5.11 Å². The average Bonchev–Trinajstić information content (AvgIpc) is 2.31. The Morgan fingerprint density at radius 1 is 1.82 bits per heavy atom. The molecule has 0 bridgehead atoms. The molecule has 1 aromatic heterocycles. The van der Waals surface area contributed by atoms with Gasteiger partial charge in [-0.1, -0.05) is 11.8 Å². The minimum atomic E-state index is -0.295. The molecule has 1 atom stereocenters. The van der Waals surface area contributed by atoms with Gasteiger partial charge in [-0.05, 0) is 6.92 Å². The van der Waals surface area contributed by atoms with Gasteiger partial charge in [0.05, 0.1) is 6.10 Å². The zero-order valence-electron chi connectivity index (χ0n) is 6.56. The zero-order chi connectivity index (χ0) is 8.27. The number of thioether (sulfide) groups is 1. The van der Waals surface area contributed by atoms with E-state index in [1.807, 2.05) is 7.05 Å². The zero-order valence-corrected chi connectivity index (χ0v) is 7.38. The van der Waals surface area contributed by atoms with Gasteiger partial charge in [-0.15, -0.1) is 0 Å². The van der Waals surface area contributed by atoms with E-state index in [0.717, 1.165) is 5.16 Å². The lowest BCUT2D eigenvalue weighted by atomic mass is 10.5. The molecule has 1 unspecified atom stereocenters. The summed E-state index contributed by atoms with van der Waals surface area (Å²) in [7, 11) is 1.83. The van der Waals surface area contributed by atoms with Gasteiger partial charge in [0, 0.05) is 12.8 Å². The molecule has 0 amide bonds. The number of hydrogen-bond donors (Lipinski definition) is 1. The normalized spacial score (nSPS) is 13.4. The van der Waals surface area contributed by atoms with Crippen molar-refractivity contribution in [2.24, 2.45) is 7.05 Å².